The van der Waals surface area contributed by atoms with E-state index in [0.29, 0.717) is 28.0 Å². The summed E-state index contributed by atoms with van der Waals surface area (Å²) in [5, 5.41) is 0.573. The molecule has 0 fully saturated rings. The van der Waals surface area contributed by atoms with Crippen molar-refractivity contribution in [2.24, 2.45) is 0 Å². The summed E-state index contributed by atoms with van der Waals surface area (Å²) in [4.78, 5) is 19.8. The fourth-order valence-electron chi connectivity index (χ4n) is 2.91. The summed E-state index contributed by atoms with van der Waals surface area (Å²) < 4.78 is 18.1. The highest BCUT2D eigenvalue weighted by atomic mass is 79.9. The first kappa shape index (κ1) is 19.5. The number of anilines is 1. The first-order chi connectivity index (χ1) is 14.1. The van der Waals surface area contributed by atoms with Crippen LogP contribution in [0.3, 0.4) is 0 Å². The summed E-state index contributed by atoms with van der Waals surface area (Å²) >= 11 is 4.92. The number of hydrogen-bond donors (Lipinski definition) is 0. The Kier molecular flexibility index (Phi) is 5.55. The van der Waals surface area contributed by atoms with Gasteiger partial charge in [-0.15, -0.1) is 0 Å². The molecule has 0 atom stereocenters. The van der Waals surface area contributed by atoms with Crippen molar-refractivity contribution in [3.63, 3.8) is 0 Å². The highest BCUT2D eigenvalue weighted by Gasteiger charge is 2.26. The van der Waals surface area contributed by atoms with Gasteiger partial charge in [0.1, 0.15) is 17.3 Å². The van der Waals surface area contributed by atoms with E-state index in [4.69, 9.17) is 13.9 Å². The van der Waals surface area contributed by atoms with Gasteiger partial charge in [-0.1, -0.05) is 27.3 Å². The van der Waals surface area contributed by atoms with Crippen molar-refractivity contribution in [3.8, 4) is 11.5 Å². The highest BCUT2D eigenvalue weighted by Crippen LogP contribution is 2.34. The molecule has 0 aliphatic carbocycles. The molecule has 2 aromatic heterocycles. The summed E-state index contributed by atoms with van der Waals surface area (Å²) in [5.41, 5.74) is 1.21. The molecule has 0 saturated carbocycles. The number of carbonyl (C=O) groups is 1. The standard InChI is InChI=1S/C21H17BrN2O4S/c1-26-14-6-8-18(27-2)16(11-14)20(25)24(12-15-4-3-9-28-15)21-23-17-7-5-13(22)10-19(17)29-21/h3-11H,12H2,1-2H3. The molecule has 8 heteroatoms. The summed E-state index contributed by atoms with van der Waals surface area (Å²) in [6.45, 7) is 0.243. The van der Waals surface area contributed by atoms with Crippen molar-refractivity contribution in [2.45, 2.75) is 6.54 Å². The molecule has 1 amide bonds. The van der Waals surface area contributed by atoms with Crippen molar-refractivity contribution < 1.29 is 18.7 Å². The Morgan fingerprint density at radius 1 is 1.17 bits per heavy atom. The minimum Gasteiger partial charge on any atom is -0.497 e. The van der Waals surface area contributed by atoms with Crippen molar-refractivity contribution >= 4 is 48.5 Å². The maximum atomic E-state index is 13.6. The first-order valence-corrected chi connectivity index (χ1v) is 10.3. The van der Waals surface area contributed by atoms with Gasteiger partial charge in [0, 0.05) is 4.47 Å². The third-order valence-corrected chi connectivity index (χ3v) is 5.88. The van der Waals surface area contributed by atoms with E-state index in [2.05, 4.69) is 20.9 Å². The fourth-order valence-corrected chi connectivity index (χ4v) is 4.43. The van der Waals surface area contributed by atoms with Crippen LogP contribution in [0.4, 0.5) is 5.13 Å². The number of halogens is 1. The molecule has 148 valence electrons. The average molecular weight is 473 g/mol. The fraction of sp³-hybridized carbons (Fsp3) is 0.143. The predicted octanol–water partition coefficient (Wildman–Crippen LogP) is 5.52. The Labute approximate surface area is 179 Å². The molecule has 2 heterocycles. The number of aromatic nitrogens is 1. The van der Waals surface area contributed by atoms with Crippen LogP contribution in [0.2, 0.25) is 0 Å². The van der Waals surface area contributed by atoms with Crippen molar-refractivity contribution in [3.05, 3.63) is 70.6 Å². The van der Waals surface area contributed by atoms with Crippen LogP contribution >= 0.6 is 27.3 Å². The zero-order valence-corrected chi connectivity index (χ0v) is 18.1. The molecule has 4 aromatic rings. The second kappa shape index (κ2) is 8.26. The number of furan rings is 1. The van der Waals surface area contributed by atoms with Crippen LogP contribution in [0, 0.1) is 0 Å². The lowest BCUT2D eigenvalue weighted by Gasteiger charge is -2.20. The van der Waals surface area contributed by atoms with Gasteiger partial charge in [-0.2, -0.15) is 0 Å². The van der Waals surface area contributed by atoms with E-state index in [1.165, 1.54) is 18.4 Å². The van der Waals surface area contributed by atoms with Crippen molar-refractivity contribution in [1.82, 2.24) is 4.98 Å². The van der Waals surface area contributed by atoms with E-state index in [0.717, 1.165) is 14.7 Å². The largest absolute Gasteiger partial charge is 0.497 e. The molecule has 0 radical (unpaired) electrons. The van der Waals surface area contributed by atoms with Crippen molar-refractivity contribution in [2.75, 3.05) is 19.1 Å². The number of hydrogen-bond acceptors (Lipinski definition) is 6. The smallest absolute Gasteiger partial charge is 0.264 e. The molecular formula is C21H17BrN2O4S. The van der Waals surface area contributed by atoms with Crippen LogP contribution in [0.5, 0.6) is 11.5 Å². The molecule has 0 unspecified atom stereocenters. The number of ether oxygens (including phenoxy) is 2. The summed E-state index contributed by atoms with van der Waals surface area (Å²) in [5.74, 6) is 1.43. The summed E-state index contributed by atoms with van der Waals surface area (Å²) in [7, 11) is 3.09. The van der Waals surface area contributed by atoms with Gasteiger partial charge in [-0.25, -0.2) is 4.98 Å². The summed E-state index contributed by atoms with van der Waals surface area (Å²) in [6, 6.07) is 14.6. The topological polar surface area (TPSA) is 64.8 Å². The minimum absolute atomic E-state index is 0.243. The van der Waals surface area contributed by atoms with Crippen LogP contribution in [0.15, 0.2) is 63.7 Å². The van der Waals surface area contributed by atoms with Crippen LogP contribution in [0.1, 0.15) is 16.1 Å². The van der Waals surface area contributed by atoms with E-state index < -0.39 is 0 Å². The lowest BCUT2D eigenvalue weighted by Crippen LogP contribution is -2.30. The minimum atomic E-state index is -0.254. The van der Waals surface area contributed by atoms with E-state index in [1.807, 2.05) is 24.3 Å². The SMILES string of the molecule is COc1ccc(OC)c(C(=O)N(Cc2ccco2)c2nc3ccc(Br)cc3s2)c1. The second-order valence-electron chi connectivity index (χ2n) is 6.15. The van der Waals surface area contributed by atoms with Crippen LogP contribution in [-0.2, 0) is 6.54 Å². The van der Waals surface area contributed by atoms with Crippen LogP contribution < -0.4 is 14.4 Å². The number of fused-ring (bicyclic) bond motifs is 1. The van der Waals surface area contributed by atoms with Crippen LogP contribution in [-0.4, -0.2) is 25.1 Å². The number of rotatable bonds is 6. The molecule has 4 rings (SSSR count). The average Bonchev–Trinajstić information content (AvgIpc) is 3.40. The Morgan fingerprint density at radius 2 is 2.03 bits per heavy atom. The van der Waals surface area contributed by atoms with E-state index in [9.17, 15) is 4.79 Å². The number of benzene rings is 2. The molecule has 0 bridgehead atoms. The van der Waals surface area contributed by atoms with Gasteiger partial charge in [0.05, 0.1) is 42.8 Å². The molecule has 6 nitrogen and oxygen atoms in total. The third-order valence-electron chi connectivity index (χ3n) is 4.35. The van der Waals surface area contributed by atoms with Gasteiger partial charge >= 0.3 is 0 Å². The molecule has 0 aliphatic rings. The highest BCUT2D eigenvalue weighted by molar-refractivity contribution is 9.10. The van der Waals surface area contributed by atoms with E-state index >= 15 is 0 Å². The Morgan fingerprint density at radius 3 is 2.76 bits per heavy atom. The van der Waals surface area contributed by atoms with Gasteiger partial charge in [-0.3, -0.25) is 9.69 Å². The third kappa shape index (κ3) is 3.99. The maximum Gasteiger partial charge on any atom is 0.264 e. The Hall–Kier alpha value is -2.84. The molecule has 29 heavy (non-hydrogen) atoms. The molecule has 0 N–H and O–H groups in total. The number of thiazole rings is 1. The lowest BCUT2D eigenvalue weighted by atomic mass is 10.1. The lowest BCUT2D eigenvalue weighted by molar-refractivity contribution is 0.0980. The van der Waals surface area contributed by atoms with Gasteiger partial charge < -0.3 is 13.9 Å². The van der Waals surface area contributed by atoms with Gasteiger partial charge in [0.2, 0.25) is 0 Å². The second-order valence-corrected chi connectivity index (χ2v) is 8.07. The predicted molar refractivity (Wildman–Crippen MR) is 116 cm³/mol. The maximum absolute atomic E-state index is 13.6. The summed E-state index contributed by atoms with van der Waals surface area (Å²) in [6.07, 6.45) is 1.58. The van der Waals surface area contributed by atoms with Gasteiger partial charge in [0.25, 0.3) is 5.91 Å². The number of nitrogens with zero attached hydrogens (tertiary/aromatic N) is 2. The van der Waals surface area contributed by atoms with E-state index in [1.54, 1.807) is 42.5 Å². The first-order valence-electron chi connectivity index (χ1n) is 8.71. The molecule has 2 aromatic carbocycles. The molecule has 0 spiro atoms. The number of methoxy groups -OCH3 is 2. The van der Waals surface area contributed by atoms with Gasteiger partial charge in [-0.05, 0) is 48.5 Å². The molecular weight excluding hydrogens is 456 g/mol. The van der Waals surface area contributed by atoms with Crippen LogP contribution in [0.25, 0.3) is 10.2 Å². The zero-order chi connectivity index (χ0) is 20.4. The molecule has 0 saturated heterocycles. The monoisotopic (exact) mass is 472 g/mol. The Bertz CT molecular complexity index is 1160. The zero-order valence-electron chi connectivity index (χ0n) is 15.7. The Balaban J connectivity index is 1.80. The number of amides is 1. The normalized spacial score (nSPS) is 10.9. The number of carbonyl (C=O) groups excluding carboxylic acids is 1. The van der Waals surface area contributed by atoms with E-state index in [-0.39, 0.29) is 12.5 Å². The van der Waals surface area contributed by atoms with Gasteiger partial charge in [0.15, 0.2) is 5.13 Å². The van der Waals surface area contributed by atoms with Crippen molar-refractivity contribution in [1.29, 1.82) is 0 Å². The molecule has 0 aliphatic heterocycles. The quantitative estimate of drug-likeness (QED) is 0.369.